The van der Waals surface area contributed by atoms with Gasteiger partial charge in [0.15, 0.2) is 0 Å². The number of rotatable bonds is 7. The molecular weight excluding hydrogens is 386 g/mol. The lowest BCUT2D eigenvalue weighted by molar-refractivity contribution is -0.00275. The van der Waals surface area contributed by atoms with Gasteiger partial charge >= 0.3 is 0 Å². The smallest absolute Gasteiger partial charge is 0.0443 e. The van der Waals surface area contributed by atoms with Gasteiger partial charge in [0.2, 0.25) is 0 Å². The van der Waals surface area contributed by atoms with Crippen LogP contribution >= 0.6 is 11.6 Å². The van der Waals surface area contributed by atoms with Crippen molar-refractivity contribution in [2.24, 2.45) is 23.7 Å². The predicted octanol–water partition coefficient (Wildman–Crippen LogP) is 7.63. The van der Waals surface area contributed by atoms with Gasteiger partial charge in [-0.2, -0.15) is 0 Å². The van der Waals surface area contributed by atoms with Gasteiger partial charge in [-0.05, 0) is 105 Å². The third-order valence-corrected chi connectivity index (χ3v) is 9.53. The highest BCUT2D eigenvalue weighted by Crippen LogP contribution is 2.60. The summed E-state index contributed by atoms with van der Waals surface area (Å²) in [5.41, 5.74) is 2.84. The van der Waals surface area contributed by atoms with Crippen molar-refractivity contribution >= 4 is 11.6 Å². The second-order valence-corrected chi connectivity index (χ2v) is 11.3. The average Bonchev–Trinajstić information content (AvgIpc) is 2.75. The standard InChI is InChI=1S/C28H40ClN/c1-3-24(30(4-2)25-8-6-5-7-9-25)17-19-10-11-26(27(29)18-19)28-22-13-20-12-21(15-22)16-23(28)14-20/h3,10-11,18,20-25,28H,1,4-9,12-17H2,2H3. The Kier molecular flexibility index (Phi) is 6.31. The number of nitrogens with zero attached hydrogens (tertiary/aromatic N) is 1. The Balaban J connectivity index is 1.31. The maximum Gasteiger partial charge on any atom is 0.0443 e. The number of hydrogen-bond donors (Lipinski definition) is 0. The Morgan fingerprint density at radius 2 is 1.70 bits per heavy atom. The van der Waals surface area contributed by atoms with E-state index in [-0.39, 0.29) is 0 Å². The normalized spacial score (nSPS) is 34.4. The lowest BCUT2D eigenvalue weighted by Gasteiger charge is -2.54. The first-order valence-electron chi connectivity index (χ1n) is 12.8. The summed E-state index contributed by atoms with van der Waals surface area (Å²) in [4.78, 5) is 2.70. The van der Waals surface area contributed by atoms with E-state index in [0.717, 1.165) is 53.6 Å². The quantitative estimate of drug-likeness (QED) is 0.406. The zero-order valence-electron chi connectivity index (χ0n) is 18.9. The molecule has 0 heterocycles. The molecule has 1 aromatic carbocycles. The van der Waals surface area contributed by atoms with Crippen LogP contribution in [0, 0.1) is 23.7 Å². The molecule has 1 unspecified atom stereocenters. The molecule has 5 aliphatic rings. The lowest BCUT2D eigenvalue weighted by Crippen LogP contribution is -2.44. The Morgan fingerprint density at radius 1 is 1.03 bits per heavy atom. The zero-order chi connectivity index (χ0) is 20.7. The van der Waals surface area contributed by atoms with E-state index in [0.29, 0.717) is 6.04 Å². The largest absolute Gasteiger partial charge is 0.294 e. The fourth-order valence-corrected chi connectivity index (χ4v) is 8.48. The van der Waals surface area contributed by atoms with Gasteiger partial charge in [0.25, 0.3) is 0 Å². The maximum atomic E-state index is 6.97. The summed E-state index contributed by atoms with van der Waals surface area (Å²) < 4.78 is 0. The van der Waals surface area contributed by atoms with Gasteiger partial charge in [-0.3, -0.25) is 4.90 Å². The van der Waals surface area contributed by atoms with Crippen molar-refractivity contribution in [2.75, 3.05) is 6.54 Å². The third kappa shape index (κ3) is 4.02. The second kappa shape index (κ2) is 8.99. The van der Waals surface area contributed by atoms with Crippen LogP contribution in [0.25, 0.3) is 0 Å². The molecule has 2 heteroatoms. The highest BCUT2D eigenvalue weighted by Gasteiger charge is 2.48. The van der Waals surface area contributed by atoms with E-state index >= 15 is 0 Å². The molecule has 6 rings (SSSR count). The zero-order valence-corrected chi connectivity index (χ0v) is 19.6. The number of halogens is 1. The molecule has 1 aromatic rings. The monoisotopic (exact) mass is 425 g/mol. The first-order valence-corrected chi connectivity index (χ1v) is 13.2. The van der Waals surface area contributed by atoms with E-state index in [4.69, 9.17) is 11.6 Å². The van der Waals surface area contributed by atoms with Crippen molar-refractivity contribution in [1.29, 1.82) is 0 Å². The van der Waals surface area contributed by atoms with Gasteiger partial charge in [-0.25, -0.2) is 0 Å². The van der Waals surface area contributed by atoms with Crippen LogP contribution in [-0.2, 0) is 6.42 Å². The molecule has 1 nitrogen and oxygen atoms in total. The fourth-order valence-electron chi connectivity index (χ4n) is 8.15. The van der Waals surface area contributed by atoms with Gasteiger partial charge in [-0.1, -0.05) is 56.0 Å². The molecule has 164 valence electrons. The van der Waals surface area contributed by atoms with Crippen molar-refractivity contribution in [2.45, 2.75) is 95.6 Å². The van der Waals surface area contributed by atoms with E-state index < -0.39 is 0 Å². The number of benzene rings is 1. The molecule has 0 spiro atoms. The molecule has 5 aliphatic carbocycles. The molecule has 1 atom stereocenters. The molecule has 30 heavy (non-hydrogen) atoms. The van der Waals surface area contributed by atoms with Crippen molar-refractivity contribution in [3.8, 4) is 0 Å². The Labute approximate surface area is 189 Å². The van der Waals surface area contributed by atoms with Crippen LogP contribution < -0.4 is 0 Å². The van der Waals surface area contributed by atoms with Gasteiger partial charge in [0.05, 0.1) is 0 Å². The summed E-state index contributed by atoms with van der Waals surface area (Å²) in [6.45, 7) is 7.63. The van der Waals surface area contributed by atoms with Crippen molar-refractivity contribution in [1.82, 2.24) is 4.90 Å². The summed E-state index contributed by atoms with van der Waals surface area (Å²) in [5, 5.41) is 1.04. The molecule has 0 amide bonds. The van der Waals surface area contributed by atoms with Crippen LogP contribution in [0.1, 0.15) is 88.2 Å². The third-order valence-electron chi connectivity index (χ3n) is 9.20. The Hall–Kier alpha value is -0.790. The van der Waals surface area contributed by atoms with E-state index in [1.807, 2.05) is 0 Å². The lowest BCUT2D eigenvalue weighted by atomic mass is 9.51. The number of likely N-dealkylation sites (N-methyl/N-ethyl adjacent to an activating group) is 1. The minimum Gasteiger partial charge on any atom is -0.294 e. The van der Waals surface area contributed by atoms with Crippen LogP contribution in [0.3, 0.4) is 0 Å². The molecule has 0 aromatic heterocycles. The van der Waals surface area contributed by atoms with Crippen molar-refractivity contribution < 1.29 is 0 Å². The van der Waals surface area contributed by atoms with Gasteiger partial charge in [0, 0.05) is 17.1 Å². The maximum absolute atomic E-state index is 6.97. The molecule has 4 bridgehead atoms. The minimum absolute atomic E-state index is 0.418. The highest BCUT2D eigenvalue weighted by atomic mass is 35.5. The van der Waals surface area contributed by atoms with Crippen LogP contribution in [0.4, 0.5) is 0 Å². The molecule has 0 aliphatic heterocycles. The Morgan fingerprint density at radius 3 is 2.27 bits per heavy atom. The topological polar surface area (TPSA) is 3.24 Å². The summed E-state index contributed by atoms with van der Waals surface area (Å²) in [6, 6.07) is 8.24. The van der Waals surface area contributed by atoms with E-state index in [1.165, 1.54) is 75.3 Å². The second-order valence-electron chi connectivity index (χ2n) is 10.9. The molecule has 0 N–H and O–H groups in total. The summed E-state index contributed by atoms with van der Waals surface area (Å²) in [5.74, 6) is 4.56. The van der Waals surface area contributed by atoms with Crippen LogP contribution in [0.15, 0.2) is 30.9 Å². The average molecular weight is 426 g/mol. The first-order chi connectivity index (χ1) is 14.7. The summed E-state index contributed by atoms with van der Waals surface area (Å²) in [6.07, 6.45) is 17.5. The highest BCUT2D eigenvalue weighted by molar-refractivity contribution is 6.31. The fraction of sp³-hybridized carbons (Fsp3) is 0.714. The number of hydrogen-bond acceptors (Lipinski definition) is 1. The van der Waals surface area contributed by atoms with E-state index in [2.05, 4.69) is 42.7 Å². The molecule has 0 saturated heterocycles. The minimum atomic E-state index is 0.418. The Bertz CT molecular complexity index is 721. The van der Waals surface area contributed by atoms with Crippen molar-refractivity contribution in [3.05, 3.63) is 47.0 Å². The summed E-state index contributed by atoms with van der Waals surface area (Å²) >= 11 is 6.97. The van der Waals surface area contributed by atoms with Crippen LogP contribution in [0.5, 0.6) is 0 Å². The molecule has 5 fully saturated rings. The molecule has 0 radical (unpaired) electrons. The summed E-state index contributed by atoms with van der Waals surface area (Å²) in [7, 11) is 0. The van der Waals surface area contributed by atoms with Crippen LogP contribution in [-0.4, -0.2) is 23.5 Å². The first kappa shape index (κ1) is 21.1. The predicted molar refractivity (Wildman–Crippen MR) is 128 cm³/mol. The van der Waals surface area contributed by atoms with E-state index in [9.17, 15) is 0 Å². The van der Waals surface area contributed by atoms with Gasteiger partial charge in [0.1, 0.15) is 0 Å². The SMILES string of the molecule is C=CC(Cc1ccc(C2C3CC4CC(C3)CC2C4)c(Cl)c1)N(CC)C1CCCCC1. The molecular formula is C28H40ClN. The molecule has 5 saturated carbocycles. The van der Waals surface area contributed by atoms with Crippen LogP contribution in [0.2, 0.25) is 5.02 Å². The van der Waals surface area contributed by atoms with Gasteiger partial charge < -0.3 is 0 Å². The van der Waals surface area contributed by atoms with E-state index in [1.54, 1.807) is 0 Å². The van der Waals surface area contributed by atoms with Gasteiger partial charge in [-0.15, -0.1) is 6.58 Å². The van der Waals surface area contributed by atoms with Crippen molar-refractivity contribution in [3.63, 3.8) is 0 Å².